The van der Waals surface area contributed by atoms with Crippen molar-refractivity contribution in [3.63, 3.8) is 0 Å². The highest BCUT2D eigenvalue weighted by molar-refractivity contribution is 6.38. The van der Waals surface area contributed by atoms with Crippen LogP contribution in [0, 0.1) is 11.8 Å². The molecule has 0 spiro atoms. The van der Waals surface area contributed by atoms with Crippen molar-refractivity contribution in [1.29, 1.82) is 0 Å². The van der Waals surface area contributed by atoms with Gasteiger partial charge in [0.2, 0.25) is 23.5 Å². The number of rotatable bonds is 16. The van der Waals surface area contributed by atoms with Gasteiger partial charge in [0.05, 0.1) is 12.6 Å². The third-order valence-corrected chi connectivity index (χ3v) is 8.08. The summed E-state index contributed by atoms with van der Waals surface area (Å²) in [6.45, 7) is 10.6. The molecule has 15 heteroatoms. The first-order valence-electron chi connectivity index (χ1n) is 16.4. The fraction of sp³-hybridized carbons (Fsp3) is 0.606. The van der Waals surface area contributed by atoms with E-state index < -0.39 is 72.1 Å². The summed E-state index contributed by atoms with van der Waals surface area (Å²) in [5.74, 6) is -5.04. The minimum Gasteiger partial charge on any atom is -0.344 e. The standard InChI is InChI=1S/C33H51N7O8/c1-8-21(6)17-23(28(42)30(44)34-18-25(41)37-27(31(45)39(7)48)22-13-10-9-11-14-22)36-29(43)24-15-12-16-40(24)32(46)26(19(2)3)38-33(47)35-20(4)5/h9-11,13-14,19-21,23-24,26-27,48H,8,12,15-18H2,1-7H3,(H,34,44)(H,36,43)(H,37,41)(H2,35,38,47). The summed E-state index contributed by atoms with van der Waals surface area (Å²) in [7, 11) is 1.11. The van der Waals surface area contributed by atoms with Gasteiger partial charge >= 0.3 is 6.03 Å². The van der Waals surface area contributed by atoms with Gasteiger partial charge in [-0.05, 0) is 50.5 Å². The molecule has 1 aromatic rings. The van der Waals surface area contributed by atoms with E-state index in [1.54, 1.807) is 58.0 Å². The molecule has 1 aliphatic heterocycles. The zero-order chi connectivity index (χ0) is 36.1. The number of nitrogens with one attached hydrogen (secondary N) is 5. The highest BCUT2D eigenvalue weighted by Gasteiger charge is 2.40. The Labute approximate surface area is 281 Å². The van der Waals surface area contributed by atoms with Crippen LogP contribution < -0.4 is 26.6 Å². The van der Waals surface area contributed by atoms with Crippen molar-refractivity contribution in [2.24, 2.45) is 11.8 Å². The second-order valence-corrected chi connectivity index (χ2v) is 12.8. The molecule has 1 fully saturated rings. The van der Waals surface area contributed by atoms with Gasteiger partial charge in [-0.25, -0.2) is 9.86 Å². The van der Waals surface area contributed by atoms with Crippen LogP contribution in [0.5, 0.6) is 0 Å². The maximum atomic E-state index is 13.6. The Morgan fingerprint density at radius 1 is 0.938 bits per heavy atom. The lowest BCUT2D eigenvalue weighted by molar-refractivity contribution is -0.162. The molecule has 1 aromatic carbocycles. The Bertz CT molecular complexity index is 1300. The van der Waals surface area contributed by atoms with Crippen LogP contribution in [0.15, 0.2) is 30.3 Å². The first-order valence-corrected chi connectivity index (χ1v) is 16.4. The zero-order valence-corrected chi connectivity index (χ0v) is 28.9. The molecular weight excluding hydrogens is 622 g/mol. The van der Waals surface area contributed by atoms with E-state index in [0.717, 1.165) is 7.05 Å². The third kappa shape index (κ3) is 11.6. The number of Topliss-reactive ketones (excluding diaryl/α,β-unsaturated/α-hetero) is 1. The summed E-state index contributed by atoms with van der Waals surface area (Å²) in [4.78, 5) is 92.4. The van der Waals surface area contributed by atoms with Crippen LogP contribution in [-0.4, -0.2) is 101 Å². The number of hydrogen-bond acceptors (Lipinski definition) is 8. The predicted molar refractivity (Wildman–Crippen MR) is 176 cm³/mol. The molecule has 1 aliphatic rings. The number of amides is 7. The molecule has 15 nitrogen and oxygen atoms in total. The molecule has 6 N–H and O–H groups in total. The molecule has 5 unspecified atom stereocenters. The van der Waals surface area contributed by atoms with Gasteiger partial charge in [0.15, 0.2) is 0 Å². The van der Waals surface area contributed by atoms with Gasteiger partial charge in [-0.3, -0.25) is 34.0 Å². The van der Waals surface area contributed by atoms with E-state index >= 15 is 0 Å². The number of hydroxylamine groups is 2. The molecular formula is C33H51N7O8. The van der Waals surface area contributed by atoms with Crippen molar-refractivity contribution in [2.45, 2.75) is 97.4 Å². The molecule has 1 saturated heterocycles. The summed E-state index contributed by atoms with van der Waals surface area (Å²) in [6.07, 6.45) is 1.67. The van der Waals surface area contributed by atoms with Crippen molar-refractivity contribution in [3.8, 4) is 0 Å². The van der Waals surface area contributed by atoms with Crippen LogP contribution in [-0.2, 0) is 28.8 Å². The van der Waals surface area contributed by atoms with E-state index in [0.29, 0.717) is 29.9 Å². The average molecular weight is 674 g/mol. The minimum absolute atomic E-state index is 0.0567. The number of urea groups is 1. The van der Waals surface area contributed by atoms with Gasteiger partial charge in [-0.1, -0.05) is 64.4 Å². The Balaban J connectivity index is 2.13. The highest BCUT2D eigenvalue weighted by Crippen LogP contribution is 2.22. The van der Waals surface area contributed by atoms with Gasteiger partial charge in [0.25, 0.3) is 11.8 Å². The number of carbonyl (C=O) groups excluding carboxylic acids is 7. The van der Waals surface area contributed by atoms with E-state index in [1.165, 1.54) is 4.90 Å². The van der Waals surface area contributed by atoms with E-state index in [4.69, 9.17) is 0 Å². The Hall–Kier alpha value is -4.53. The van der Waals surface area contributed by atoms with Gasteiger partial charge in [-0.2, -0.15) is 0 Å². The number of likely N-dealkylation sites (tertiary alicyclic amines) is 1. The summed E-state index contributed by atoms with van der Waals surface area (Å²) < 4.78 is 0. The second-order valence-electron chi connectivity index (χ2n) is 12.8. The van der Waals surface area contributed by atoms with E-state index in [9.17, 15) is 38.8 Å². The number of ketones is 1. The maximum absolute atomic E-state index is 13.6. The molecule has 266 valence electrons. The van der Waals surface area contributed by atoms with Crippen LogP contribution in [0.3, 0.4) is 0 Å². The van der Waals surface area contributed by atoms with Crippen molar-refractivity contribution >= 4 is 41.4 Å². The van der Waals surface area contributed by atoms with Gasteiger partial charge in [0.1, 0.15) is 18.1 Å². The maximum Gasteiger partial charge on any atom is 0.315 e. The predicted octanol–water partition coefficient (Wildman–Crippen LogP) is 1.02. The molecule has 2 rings (SSSR count). The first-order chi connectivity index (χ1) is 22.6. The van der Waals surface area contributed by atoms with Crippen molar-refractivity contribution in [3.05, 3.63) is 35.9 Å². The largest absolute Gasteiger partial charge is 0.344 e. The van der Waals surface area contributed by atoms with E-state index in [2.05, 4.69) is 26.6 Å². The van der Waals surface area contributed by atoms with Gasteiger partial charge in [-0.15, -0.1) is 0 Å². The lowest BCUT2D eigenvalue weighted by atomic mass is 9.95. The summed E-state index contributed by atoms with van der Waals surface area (Å²) in [5, 5.41) is 22.8. The molecule has 1 heterocycles. The Kier molecular flexibility index (Phi) is 15.5. The monoisotopic (exact) mass is 673 g/mol. The number of nitrogens with zero attached hydrogens (tertiary/aromatic N) is 2. The number of benzene rings is 1. The minimum atomic E-state index is -1.24. The second kappa shape index (κ2) is 18.7. The summed E-state index contributed by atoms with van der Waals surface area (Å²) in [6, 6.07) is 3.26. The summed E-state index contributed by atoms with van der Waals surface area (Å²) >= 11 is 0. The number of hydrogen-bond donors (Lipinski definition) is 6. The zero-order valence-electron chi connectivity index (χ0n) is 28.9. The lowest BCUT2D eigenvalue weighted by Gasteiger charge is -2.31. The van der Waals surface area contributed by atoms with Crippen molar-refractivity contribution in [1.82, 2.24) is 36.5 Å². The van der Waals surface area contributed by atoms with Crippen LogP contribution >= 0.6 is 0 Å². The molecule has 7 amide bonds. The van der Waals surface area contributed by atoms with E-state index in [1.807, 2.05) is 13.8 Å². The van der Waals surface area contributed by atoms with Crippen molar-refractivity contribution < 1.29 is 38.8 Å². The van der Waals surface area contributed by atoms with Gasteiger partial charge < -0.3 is 31.5 Å². The molecule has 5 atom stereocenters. The smallest absolute Gasteiger partial charge is 0.315 e. The van der Waals surface area contributed by atoms with Crippen LogP contribution in [0.4, 0.5) is 4.79 Å². The topological polar surface area (TPSA) is 206 Å². The lowest BCUT2D eigenvalue weighted by Crippen LogP contribution is -2.58. The molecule has 0 aliphatic carbocycles. The third-order valence-electron chi connectivity index (χ3n) is 8.08. The number of likely N-dealkylation sites (N-methyl/N-ethyl adjacent to an activating group) is 1. The molecule has 48 heavy (non-hydrogen) atoms. The summed E-state index contributed by atoms with van der Waals surface area (Å²) in [5.41, 5.74) is 0.393. The van der Waals surface area contributed by atoms with Crippen molar-refractivity contribution in [2.75, 3.05) is 20.1 Å². The van der Waals surface area contributed by atoms with Crippen LogP contribution in [0.1, 0.15) is 78.8 Å². The van der Waals surface area contributed by atoms with Crippen LogP contribution in [0.25, 0.3) is 0 Å². The first kappa shape index (κ1) is 39.6. The Morgan fingerprint density at radius 3 is 2.15 bits per heavy atom. The van der Waals surface area contributed by atoms with E-state index in [-0.39, 0.29) is 30.8 Å². The average Bonchev–Trinajstić information content (AvgIpc) is 3.54. The normalized spacial score (nSPS) is 16.7. The molecule has 0 aromatic heterocycles. The SMILES string of the molecule is CCC(C)CC(NC(=O)C1CCCN1C(=O)C(NC(=O)NC(C)C)C(C)C)C(=O)C(=O)NCC(=O)NC(C(=O)N(C)O)c1ccccc1. The highest BCUT2D eigenvalue weighted by atomic mass is 16.5. The Morgan fingerprint density at radius 2 is 1.58 bits per heavy atom. The molecule has 0 saturated carbocycles. The number of carbonyl (C=O) groups is 7. The fourth-order valence-electron chi connectivity index (χ4n) is 5.25. The van der Waals surface area contributed by atoms with Gasteiger partial charge in [0, 0.05) is 19.6 Å². The molecule has 0 bridgehead atoms. The van der Waals surface area contributed by atoms with Crippen LogP contribution in [0.2, 0.25) is 0 Å². The molecule has 0 radical (unpaired) electrons. The fourth-order valence-corrected chi connectivity index (χ4v) is 5.25. The quantitative estimate of drug-likeness (QED) is 0.0847.